The Morgan fingerprint density at radius 3 is 0.924 bits per heavy atom. The van der Waals surface area contributed by atoms with E-state index >= 15 is 0 Å². The number of aliphatic hydroxyl groups excluding tert-OH is 1. The van der Waals surface area contributed by atoms with Crippen LogP contribution in [0.1, 0.15) is 206 Å². The van der Waals surface area contributed by atoms with Crippen LogP contribution >= 0.6 is 0 Å². The van der Waals surface area contributed by atoms with Crippen molar-refractivity contribution in [3.8, 4) is 0 Å². The minimum atomic E-state index is -0.795. The Kier molecular flexibility index (Phi) is 51.6. The molecule has 1 N–H and O–H groups in total. The lowest BCUT2D eigenvalue weighted by atomic mass is 10.0. The zero-order chi connectivity index (χ0) is 47.7. The Balaban J connectivity index is 3.59. The van der Waals surface area contributed by atoms with Crippen LogP contribution in [0.2, 0.25) is 0 Å². The Hall–Kier alpha value is -4.22. The third kappa shape index (κ3) is 52.4. The molecule has 0 saturated heterocycles. The maximum Gasteiger partial charge on any atom is 0.306 e. The zero-order valence-electron chi connectivity index (χ0n) is 42.1. The fourth-order valence-electron chi connectivity index (χ4n) is 6.74. The number of carbonyl (C=O) groups is 2. The van der Waals surface area contributed by atoms with Crippen molar-refractivity contribution in [2.45, 2.75) is 213 Å². The van der Waals surface area contributed by atoms with Crippen molar-refractivity contribution in [1.29, 1.82) is 0 Å². The molecule has 0 aliphatic rings. The molecule has 0 amide bonds. The van der Waals surface area contributed by atoms with Gasteiger partial charge in [0.2, 0.25) is 0 Å². The molecule has 0 bridgehead atoms. The van der Waals surface area contributed by atoms with E-state index in [4.69, 9.17) is 9.47 Å². The number of carbonyl (C=O) groups excluding carboxylic acids is 2. The third-order valence-electron chi connectivity index (χ3n) is 10.6. The van der Waals surface area contributed by atoms with E-state index in [1.54, 1.807) is 0 Å². The molecule has 0 aliphatic carbocycles. The van der Waals surface area contributed by atoms with Gasteiger partial charge < -0.3 is 14.6 Å². The number of hydrogen-bond acceptors (Lipinski definition) is 5. The molecule has 0 fully saturated rings. The van der Waals surface area contributed by atoms with E-state index in [1.165, 1.54) is 57.8 Å². The maximum absolute atomic E-state index is 12.3. The fraction of sp³-hybridized carbons (Fsp3) is 0.574. The van der Waals surface area contributed by atoms with Gasteiger partial charge in [0.25, 0.3) is 0 Å². The zero-order valence-corrected chi connectivity index (χ0v) is 42.1. The molecule has 0 radical (unpaired) electrons. The predicted molar refractivity (Wildman–Crippen MR) is 287 cm³/mol. The first-order valence-corrected chi connectivity index (χ1v) is 26.4. The molecule has 1 atom stereocenters. The summed E-state index contributed by atoms with van der Waals surface area (Å²) in [7, 11) is 0. The van der Waals surface area contributed by atoms with E-state index in [0.717, 1.165) is 122 Å². The molecular formula is C61H96O5. The van der Waals surface area contributed by atoms with Gasteiger partial charge in [-0.25, -0.2) is 0 Å². The second-order valence-electron chi connectivity index (χ2n) is 16.8. The number of hydrogen-bond donors (Lipinski definition) is 1. The monoisotopic (exact) mass is 909 g/mol. The van der Waals surface area contributed by atoms with Crippen LogP contribution in [-0.2, 0) is 19.1 Å². The highest BCUT2D eigenvalue weighted by Gasteiger charge is 2.16. The average molecular weight is 909 g/mol. The van der Waals surface area contributed by atoms with Gasteiger partial charge in [0, 0.05) is 12.8 Å². The lowest BCUT2D eigenvalue weighted by Gasteiger charge is -2.15. The van der Waals surface area contributed by atoms with Crippen LogP contribution in [-0.4, -0.2) is 36.4 Å². The fourth-order valence-corrected chi connectivity index (χ4v) is 6.74. The van der Waals surface area contributed by atoms with Gasteiger partial charge in [-0.1, -0.05) is 224 Å². The van der Waals surface area contributed by atoms with Crippen LogP contribution < -0.4 is 0 Å². The quantitative estimate of drug-likeness (QED) is 0.0374. The number of esters is 2. The molecule has 0 heterocycles. The van der Waals surface area contributed by atoms with Gasteiger partial charge in [-0.15, -0.1) is 0 Å². The molecule has 370 valence electrons. The topological polar surface area (TPSA) is 72.8 Å². The molecule has 0 aromatic carbocycles. The molecule has 0 aromatic rings. The van der Waals surface area contributed by atoms with Crippen molar-refractivity contribution in [2.24, 2.45) is 0 Å². The highest BCUT2D eigenvalue weighted by molar-refractivity contribution is 5.70. The second kappa shape index (κ2) is 55.1. The first-order valence-electron chi connectivity index (χ1n) is 26.4. The Morgan fingerprint density at radius 2 is 0.606 bits per heavy atom. The highest BCUT2D eigenvalue weighted by atomic mass is 16.6. The van der Waals surface area contributed by atoms with Crippen molar-refractivity contribution >= 4 is 11.9 Å². The number of aliphatic hydroxyl groups is 1. The summed E-state index contributed by atoms with van der Waals surface area (Å²) < 4.78 is 10.6. The summed E-state index contributed by atoms with van der Waals surface area (Å²) in [6.45, 7) is 3.86. The summed E-state index contributed by atoms with van der Waals surface area (Å²) in [5, 5.41) is 9.60. The van der Waals surface area contributed by atoms with Crippen molar-refractivity contribution < 1.29 is 24.2 Å². The Morgan fingerprint density at radius 1 is 0.348 bits per heavy atom. The molecule has 0 saturated carbocycles. The molecule has 66 heavy (non-hydrogen) atoms. The number of rotatable bonds is 46. The molecule has 0 aliphatic heterocycles. The van der Waals surface area contributed by atoms with E-state index in [2.05, 4.69) is 160 Å². The molecule has 5 nitrogen and oxygen atoms in total. The lowest BCUT2D eigenvalue weighted by Crippen LogP contribution is -2.28. The SMILES string of the molecule is CC/C=C\C/C=C\C/C=C\C/C=C\C/C=C\C/C=C\C/C=C\C/C=C\C/C=C\CCCCCCCCCCCCCC(=O)OC(CO)COC(=O)CCCCC/C=C\C/C=C\C/C=C\CC. The average Bonchev–Trinajstić information content (AvgIpc) is 3.32. The summed E-state index contributed by atoms with van der Waals surface area (Å²) >= 11 is 0. The van der Waals surface area contributed by atoms with Gasteiger partial charge in [-0.3, -0.25) is 9.59 Å². The highest BCUT2D eigenvalue weighted by Crippen LogP contribution is 2.14. The van der Waals surface area contributed by atoms with Gasteiger partial charge in [-0.2, -0.15) is 0 Å². The van der Waals surface area contributed by atoms with Crippen LogP contribution in [0.3, 0.4) is 0 Å². The molecule has 0 spiro atoms. The predicted octanol–water partition coefficient (Wildman–Crippen LogP) is 17.9. The smallest absolute Gasteiger partial charge is 0.306 e. The van der Waals surface area contributed by atoms with Crippen LogP contribution in [0.4, 0.5) is 0 Å². The van der Waals surface area contributed by atoms with Gasteiger partial charge in [0.1, 0.15) is 6.61 Å². The third-order valence-corrected chi connectivity index (χ3v) is 10.6. The van der Waals surface area contributed by atoms with Crippen LogP contribution in [0, 0.1) is 0 Å². The van der Waals surface area contributed by atoms with E-state index in [0.29, 0.717) is 12.8 Å². The van der Waals surface area contributed by atoms with E-state index in [1.807, 2.05) is 0 Å². The molecular weight excluding hydrogens is 813 g/mol. The standard InChI is InChI=1S/C61H96O5/c1-3-5-7-9-11-13-15-17-18-19-20-21-22-23-24-25-26-27-28-29-30-31-32-33-34-35-36-37-38-39-40-41-42-44-46-48-50-52-54-56-61(64)66-59(57-62)58-65-60(63)55-53-51-49-47-45-43-16-14-12-10-8-6-4-2/h5-8,11-14,17-18,20-21,23-24,26-27,29-30,32-33,35-36,43,45,59,62H,3-4,9-10,15-16,19,22,25,28,31,34,37-42,44,46-58H2,1-2H3/b7-5-,8-6-,13-11-,14-12-,18-17-,21-20-,24-23-,27-26-,30-29-,33-32-,36-35-,45-43-. The lowest BCUT2D eigenvalue weighted by molar-refractivity contribution is -0.161. The number of allylic oxidation sites excluding steroid dienone is 24. The summed E-state index contributed by atoms with van der Waals surface area (Å²) in [4.78, 5) is 24.4. The van der Waals surface area contributed by atoms with Gasteiger partial charge in [-0.05, 0) is 116 Å². The maximum atomic E-state index is 12.3. The van der Waals surface area contributed by atoms with Gasteiger partial charge in [0.15, 0.2) is 6.10 Å². The Labute approximate surface area is 406 Å². The van der Waals surface area contributed by atoms with Crippen LogP contribution in [0.5, 0.6) is 0 Å². The summed E-state index contributed by atoms with van der Waals surface area (Å²) in [6, 6.07) is 0. The molecule has 0 aromatic heterocycles. The minimum absolute atomic E-state index is 0.0901. The first-order chi connectivity index (χ1) is 32.6. The normalized spacial score (nSPS) is 13.4. The summed E-state index contributed by atoms with van der Waals surface area (Å²) in [5.74, 6) is -0.639. The minimum Gasteiger partial charge on any atom is -0.462 e. The molecule has 0 rings (SSSR count). The molecule has 1 unspecified atom stereocenters. The second-order valence-corrected chi connectivity index (χ2v) is 16.8. The molecule has 5 heteroatoms. The largest absolute Gasteiger partial charge is 0.462 e. The van der Waals surface area contributed by atoms with E-state index < -0.39 is 6.10 Å². The van der Waals surface area contributed by atoms with E-state index in [-0.39, 0.29) is 25.2 Å². The van der Waals surface area contributed by atoms with Crippen LogP contribution in [0.15, 0.2) is 146 Å². The van der Waals surface area contributed by atoms with Gasteiger partial charge in [0.05, 0.1) is 6.61 Å². The van der Waals surface area contributed by atoms with Crippen molar-refractivity contribution in [3.05, 3.63) is 146 Å². The van der Waals surface area contributed by atoms with Crippen LogP contribution in [0.25, 0.3) is 0 Å². The first kappa shape index (κ1) is 61.8. The summed E-state index contributed by atoms with van der Waals surface area (Å²) in [5.41, 5.74) is 0. The number of unbranched alkanes of at least 4 members (excludes halogenated alkanes) is 14. The number of ether oxygens (including phenoxy) is 2. The van der Waals surface area contributed by atoms with Crippen molar-refractivity contribution in [2.75, 3.05) is 13.2 Å². The Bertz CT molecular complexity index is 1450. The van der Waals surface area contributed by atoms with Crippen molar-refractivity contribution in [1.82, 2.24) is 0 Å². The van der Waals surface area contributed by atoms with Gasteiger partial charge >= 0.3 is 11.9 Å². The van der Waals surface area contributed by atoms with Crippen molar-refractivity contribution in [3.63, 3.8) is 0 Å². The summed E-state index contributed by atoms with van der Waals surface area (Å²) in [6.07, 6.45) is 83.9. The van der Waals surface area contributed by atoms with E-state index in [9.17, 15) is 14.7 Å².